The Labute approximate surface area is 103 Å². The zero-order valence-electron chi connectivity index (χ0n) is 10.5. The summed E-state index contributed by atoms with van der Waals surface area (Å²) in [6, 6.07) is 0.737. The molecule has 1 heterocycles. The number of amides is 2. The summed E-state index contributed by atoms with van der Waals surface area (Å²) in [5.74, 6) is 1.16. The van der Waals surface area contributed by atoms with Crippen LogP contribution in [-0.2, 0) is 0 Å². The lowest BCUT2D eigenvalue weighted by atomic mass is 10.1. The lowest BCUT2D eigenvalue weighted by Gasteiger charge is -2.34. The van der Waals surface area contributed by atoms with E-state index in [0.29, 0.717) is 6.04 Å². The van der Waals surface area contributed by atoms with Crippen LogP contribution in [0, 0.1) is 0 Å². The van der Waals surface area contributed by atoms with Gasteiger partial charge in [-0.1, -0.05) is 0 Å². The van der Waals surface area contributed by atoms with Crippen LogP contribution in [0.4, 0.5) is 4.79 Å². The SMILES string of the molecule is CSCCNC1CCN(C(=O)N(C)C)CC1. The van der Waals surface area contributed by atoms with E-state index >= 15 is 0 Å². The topological polar surface area (TPSA) is 35.6 Å². The van der Waals surface area contributed by atoms with Crippen LogP contribution in [0.15, 0.2) is 0 Å². The van der Waals surface area contributed by atoms with Crippen LogP contribution in [0.2, 0.25) is 0 Å². The summed E-state index contributed by atoms with van der Waals surface area (Å²) >= 11 is 1.87. The number of carbonyl (C=O) groups is 1. The Balaban J connectivity index is 2.20. The molecule has 0 bridgehead atoms. The molecular weight excluding hydrogens is 222 g/mol. The smallest absolute Gasteiger partial charge is 0.319 e. The highest BCUT2D eigenvalue weighted by Crippen LogP contribution is 2.11. The van der Waals surface area contributed by atoms with Crippen molar-refractivity contribution in [3.8, 4) is 0 Å². The number of carbonyl (C=O) groups excluding carboxylic acids is 1. The van der Waals surface area contributed by atoms with Gasteiger partial charge in [-0.3, -0.25) is 0 Å². The first-order chi connectivity index (χ1) is 7.65. The first-order valence-electron chi connectivity index (χ1n) is 5.83. The fourth-order valence-corrected chi connectivity index (χ4v) is 2.24. The normalized spacial score (nSPS) is 17.6. The largest absolute Gasteiger partial charge is 0.331 e. The third kappa shape index (κ3) is 4.22. The molecule has 1 aliphatic heterocycles. The molecule has 1 fully saturated rings. The number of hydrogen-bond acceptors (Lipinski definition) is 3. The van der Waals surface area contributed by atoms with Crippen LogP contribution in [-0.4, -0.2) is 67.6 Å². The van der Waals surface area contributed by atoms with Gasteiger partial charge >= 0.3 is 6.03 Å². The molecule has 2 amide bonds. The summed E-state index contributed by atoms with van der Waals surface area (Å²) in [4.78, 5) is 15.3. The molecule has 1 N–H and O–H groups in total. The zero-order chi connectivity index (χ0) is 12.0. The molecule has 4 nitrogen and oxygen atoms in total. The van der Waals surface area contributed by atoms with Crippen LogP contribution in [0.5, 0.6) is 0 Å². The van der Waals surface area contributed by atoms with Crippen molar-refractivity contribution in [2.75, 3.05) is 45.7 Å². The molecule has 16 heavy (non-hydrogen) atoms. The van der Waals surface area contributed by atoms with Crippen molar-refractivity contribution in [2.45, 2.75) is 18.9 Å². The highest BCUT2D eigenvalue weighted by molar-refractivity contribution is 7.98. The lowest BCUT2D eigenvalue weighted by molar-refractivity contribution is 0.153. The second-order valence-electron chi connectivity index (χ2n) is 4.39. The van der Waals surface area contributed by atoms with Crippen molar-refractivity contribution in [1.82, 2.24) is 15.1 Å². The lowest BCUT2D eigenvalue weighted by Crippen LogP contribution is -2.48. The van der Waals surface area contributed by atoms with E-state index in [1.807, 2.05) is 30.8 Å². The molecule has 1 saturated heterocycles. The molecule has 1 aliphatic rings. The fourth-order valence-electron chi connectivity index (χ4n) is 1.92. The maximum Gasteiger partial charge on any atom is 0.319 e. The van der Waals surface area contributed by atoms with Gasteiger partial charge in [-0.05, 0) is 19.1 Å². The molecule has 0 spiro atoms. The van der Waals surface area contributed by atoms with E-state index in [-0.39, 0.29) is 6.03 Å². The third-order valence-electron chi connectivity index (χ3n) is 2.89. The molecule has 0 aromatic rings. The van der Waals surface area contributed by atoms with Gasteiger partial charge in [0.15, 0.2) is 0 Å². The van der Waals surface area contributed by atoms with Crippen molar-refractivity contribution in [2.24, 2.45) is 0 Å². The van der Waals surface area contributed by atoms with E-state index in [1.54, 1.807) is 4.90 Å². The Morgan fingerprint density at radius 3 is 2.56 bits per heavy atom. The summed E-state index contributed by atoms with van der Waals surface area (Å²) in [5, 5.41) is 3.54. The second-order valence-corrected chi connectivity index (χ2v) is 5.37. The number of nitrogens with one attached hydrogen (secondary N) is 1. The van der Waals surface area contributed by atoms with Gasteiger partial charge in [-0.2, -0.15) is 11.8 Å². The van der Waals surface area contributed by atoms with Crippen LogP contribution in [0.1, 0.15) is 12.8 Å². The molecule has 0 aliphatic carbocycles. The summed E-state index contributed by atoms with van der Waals surface area (Å²) in [7, 11) is 3.62. The number of likely N-dealkylation sites (tertiary alicyclic amines) is 1. The van der Waals surface area contributed by atoms with Crippen LogP contribution < -0.4 is 5.32 Å². The standard InChI is InChI=1S/C11H23N3OS/c1-13(2)11(15)14-7-4-10(5-8-14)12-6-9-16-3/h10,12H,4-9H2,1-3H3. The van der Waals surface area contributed by atoms with Crippen molar-refractivity contribution >= 4 is 17.8 Å². The van der Waals surface area contributed by atoms with Crippen molar-refractivity contribution in [3.05, 3.63) is 0 Å². The zero-order valence-corrected chi connectivity index (χ0v) is 11.3. The minimum Gasteiger partial charge on any atom is -0.331 e. The number of hydrogen-bond donors (Lipinski definition) is 1. The molecule has 0 saturated carbocycles. The number of rotatable bonds is 4. The van der Waals surface area contributed by atoms with Crippen molar-refractivity contribution in [3.63, 3.8) is 0 Å². The Hall–Kier alpha value is -0.420. The average molecular weight is 245 g/mol. The quantitative estimate of drug-likeness (QED) is 0.753. The number of piperidine rings is 1. The van der Waals surface area contributed by atoms with Gasteiger partial charge in [0.2, 0.25) is 0 Å². The van der Waals surface area contributed by atoms with E-state index in [1.165, 1.54) is 0 Å². The molecular formula is C11H23N3OS. The van der Waals surface area contributed by atoms with Crippen LogP contribution in [0.25, 0.3) is 0 Å². The molecule has 0 aromatic carbocycles. The number of nitrogens with zero attached hydrogens (tertiary/aromatic N) is 2. The summed E-state index contributed by atoms with van der Waals surface area (Å²) in [5.41, 5.74) is 0. The monoisotopic (exact) mass is 245 g/mol. The molecule has 0 atom stereocenters. The van der Waals surface area contributed by atoms with Gasteiger partial charge in [-0.25, -0.2) is 4.79 Å². The predicted molar refractivity (Wildman–Crippen MR) is 70.1 cm³/mol. The highest BCUT2D eigenvalue weighted by atomic mass is 32.2. The maximum absolute atomic E-state index is 11.7. The molecule has 0 radical (unpaired) electrons. The first kappa shape index (κ1) is 13.6. The Morgan fingerprint density at radius 1 is 1.44 bits per heavy atom. The first-order valence-corrected chi connectivity index (χ1v) is 7.23. The average Bonchev–Trinajstić information content (AvgIpc) is 2.29. The summed E-state index contributed by atoms with van der Waals surface area (Å²) in [6.45, 7) is 2.84. The van der Waals surface area contributed by atoms with Gasteiger partial charge in [-0.15, -0.1) is 0 Å². The minimum absolute atomic E-state index is 0.141. The third-order valence-corrected chi connectivity index (χ3v) is 3.50. The molecule has 1 rings (SSSR count). The van der Waals surface area contributed by atoms with Gasteiger partial charge in [0.1, 0.15) is 0 Å². The summed E-state index contributed by atoms with van der Waals surface area (Å²) < 4.78 is 0. The van der Waals surface area contributed by atoms with Crippen molar-refractivity contribution in [1.29, 1.82) is 0 Å². The molecule has 0 aromatic heterocycles. The second kappa shape index (κ2) is 7.01. The van der Waals surface area contributed by atoms with Gasteiger partial charge in [0, 0.05) is 45.5 Å². The Morgan fingerprint density at radius 2 is 2.06 bits per heavy atom. The maximum atomic E-state index is 11.7. The Kier molecular flexibility index (Phi) is 5.98. The molecule has 94 valence electrons. The fraction of sp³-hybridized carbons (Fsp3) is 0.909. The van der Waals surface area contributed by atoms with E-state index < -0.39 is 0 Å². The molecule has 5 heteroatoms. The number of urea groups is 1. The van der Waals surface area contributed by atoms with Crippen LogP contribution in [0.3, 0.4) is 0 Å². The van der Waals surface area contributed by atoms with Gasteiger partial charge in [0.05, 0.1) is 0 Å². The van der Waals surface area contributed by atoms with E-state index in [0.717, 1.165) is 38.2 Å². The van der Waals surface area contributed by atoms with Crippen molar-refractivity contribution < 1.29 is 4.79 Å². The van der Waals surface area contributed by atoms with Gasteiger partial charge < -0.3 is 15.1 Å². The van der Waals surface area contributed by atoms with E-state index in [2.05, 4.69) is 11.6 Å². The molecule has 0 unspecified atom stereocenters. The van der Waals surface area contributed by atoms with E-state index in [4.69, 9.17) is 0 Å². The van der Waals surface area contributed by atoms with Crippen LogP contribution >= 0.6 is 11.8 Å². The predicted octanol–water partition coefficient (Wildman–Crippen LogP) is 1.08. The Bertz CT molecular complexity index is 215. The van der Waals surface area contributed by atoms with Gasteiger partial charge in [0.25, 0.3) is 0 Å². The minimum atomic E-state index is 0.141. The van der Waals surface area contributed by atoms with E-state index in [9.17, 15) is 4.79 Å². The highest BCUT2D eigenvalue weighted by Gasteiger charge is 2.22. The summed E-state index contributed by atoms with van der Waals surface area (Å²) in [6.07, 6.45) is 4.28. The number of thioether (sulfide) groups is 1.